The van der Waals surface area contributed by atoms with Crippen LogP contribution in [0.2, 0.25) is 0 Å². The van der Waals surface area contributed by atoms with Gasteiger partial charge in [0, 0.05) is 11.0 Å². The first-order valence-corrected chi connectivity index (χ1v) is 6.86. The number of nitrogens with zero attached hydrogens (tertiary/aromatic N) is 1. The van der Waals surface area contributed by atoms with Crippen LogP contribution in [0, 0.1) is 0 Å². The molecule has 1 amide bonds. The molecule has 102 valence electrons. The Balaban J connectivity index is 2.06. The summed E-state index contributed by atoms with van der Waals surface area (Å²) in [6.45, 7) is 4.28. The molecule has 0 bridgehead atoms. The fourth-order valence-electron chi connectivity index (χ4n) is 1.57. The van der Waals surface area contributed by atoms with Crippen molar-refractivity contribution in [3.8, 4) is 0 Å². The van der Waals surface area contributed by atoms with Gasteiger partial charge in [0.05, 0.1) is 17.6 Å². The number of hydrogen-bond acceptors (Lipinski definition) is 3. The number of rotatable bonds is 5. The van der Waals surface area contributed by atoms with Crippen LogP contribution in [-0.4, -0.2) is 17.4 Å². The Morgan fingerprint density at radius 3 is 2.75 bits per heavy atom. The lowest BCUT2D eigenvalue weighted by Gasteiger charge is -2.07. The number of halogens is 1. The molecule has 5 heteroatoms. The van der Waals surface area contributed by atoms with Crippen molar-refractivity contribution in [3.63, 3.8) is 0 Å². The number of amides is 1. The topological polar surface area (TPSA) is 54.0 Å². The molecule has 0 radical (unpaired) electrons. The van der Waals surface area contributed by atoms with Crippen LogP contribution in [0.5, 0.6) is 0 Å². The quantitative estimate of drug-likeness (QED) is 0.821. The number of hydrogen-bond donors (Lipinski definition) is 2. The van der Waals surface area contributed by atoms with Crippen LogP contribution in [0.4, 0.5) is 11.4 Å². The van der Waals surface area contributed by atoms with Gasteiger partial charge in [0.1, 0.15) is 5.69 Å². The van der Waals surface area contributed by atoms with E-state index in [-0.39, 0.29) is 5.91 Å². The van der Waals surface area contributed by atoms with Gasteiger partial charge in [0.25, 0.3) is 5.91 Å². The summed E-state index contributed by atoms with van der Waals surface area (Å²) in [4.78, 5) is 16.2. The highest BCUT2D eigenvalue weighted by molar-refractivity contribution is 9.10. The van der Waals surface area contributed by atoms with Gasteiger partial charge in [0.15, 0.2) is 0 Å². The third-order valence-corrected chi connectivity index (χ3v) is 3.26. The fraction of sp³-hybridized carbons (Fsp3) is 0.0667. The maximum atomic E-state index is 12.1. The van der Waals surface area contributed by atoms with Crippen LogP contribution in [0.1, 0.15) is 10.5 Å². The Bertz CT molecular complexity index is 611. The second kappa shape index (κ2) is 6.86. The van der Waals surface area contributed by atoms with Gasteiger partial charge in [-0.05, 0) is 40.2 Å². The van der Waals surface area contributed by atoms with E-state index >= 15 is 0 Å². The van der Waals surface area contributed by atoms with E-state index in [2.05, 4.69) is 38.1 Å². The summed E-state index contributed by atoms with van der Waals surface area (Å²) < 4.78 is 0.831. The Hall–Kier alpha value is -2.14. The number of para-hydroxylation sites is 1. The summed E-state index contributed by atoms with van der Waals surface area (Å²) in [5, 5.41) is 5.90. The van der Waals surface area contributed by atoms with Gasteiger partial charge in [-0.1, -0.05) is 18.2 Å². The number of benzene rings is 1. The number of aromatic nitrogens is 1. The molecule has 2 aromatic rings. The van der Waals surface area contributed by atoms with Crippen molar-refractivity contribution in [3.05, 3.63) is 65.4 Å². The zero-order valence-corrected chi connectivity index (χ0v) is 12.4. The molecule has 0 fully saturated rings. The summed E-state index contributed by atoms with van der Waals surface area (Å²) >= 11 is 3.38. The van der Waals surface area contributed by atoms with E-state index in [1.54, 1.807) is 18.3 Å². The van der Waals surface area contributed by atoms with Gasteiger partial charge >= 0.3 is 0 Å². The molecular formula is C15H14BrN3O. The number of pyridine rings is 1. The second-order valence-electron chi connectivity index (χ2n) is 4.04. The number of anilines is 2. The molecule has 0 saturated heterocycles. The number of nitrogens with one attached hydrogen (secondary N) is 2. The normalized spacial score (nSPS) is 9.85. The molecular weight excluding hydrogens is 318 g/mol. The summed E-state index contributed by atoms with van der Waals surface area (Å²) in [5.41, 5.74) is 1.93. The first kappa shape index (κ1) is 14.3. The minimum Gasteiger partial charge on any atom is -0.380 e. The lowest BCUT2D eigenvalue weighted by Crippen LogP contribution is -2.14. The van der Waals surface area contributed by atoms with Crippen LogP contribution in [0.15, 0.2) is 59.7 Å². The lowest BCUT2D eigenvalue weighted by atomic mass is 10.3. The molecule has 2 rings (SSSR count). The minimum absolute atomic E-state index is 0.243. The molecule has 0 saturated carbocycles. The molecule has 1 aromatic carbocycles. The summed E-state index contributed by atoms with van der Waals surface area (Å²) in [6.07, 6.45) is 3.38. The van der Waals surface area contributed by atoms with E-state index in [0.29, 0.717) is 17.9 Å². The van der Waals surface area contributed by atoms with Crippen LogP contribution in [0.3, 0.4) is 0 Å². The zero-order chi connectivity index (χ0) is 14.4. The summed E-state index contributed by atoms with van der Waals surface area (Å²) in [6, 6.07) is 10.9. The molecule has 0 aliphatic heterocycles. The van der Waals surface area contributed by atoms with Gasteiger partial charge in [-0.3, -0.25) is 4.79 Å². The van der Waals surface area contributed by atoms with Crippen molar-refractivity contribution in [1.82, 2.24) is 4.98 Å². The first-order valence-electron chi connectivity index (χ1n) is 6.07. The smallest absolute Gasteiger partial charge is 0.274 e. The molecule has 1 aromatic heterocycles. The van der Waals surface area contributed by atoms with E-state index in [1.807, 2.05) is 30.3 Å². The lowest BCUT2D eigenvalue weighted by molar-refractivity contribution is 0.102. The highest BCUT2D eigenvalue weighted by Gasteiger charge is 2.09. The summed E-state index contributed by atoms with van der Waals surface area (Å²) in [5.74, 6) is -0.243. The van der Waals surface area contributed by atoms with E-state index in [9.17, 15) is 4.79 Å². The number of carbonyl (C=O) groups is 1. The van der Waals surface area contributed by atoms with Crippen molar-refractivity contribution < 1.29 is 4.79 Å². The number of carbonyl (C=O) groups excluding carboxylic acids is 1. The molecule has 2 N–H and O–H groups in total. The molecule has 4 nitrogen and oxygen atoms in total. The molecule has 0 aliphatic carbocycles. The van der Waals surface area contributed by atoms with Crippen molar-refractivity contribution in [1.29, 1.82) is 0 Å². The highest BCUT2D eigenvalue weighted by Crippen LogP contribution is 2.21. The third kappa shape index (κ3) is 3.68. The second-order valence-corrected chi connectivity index (χ2v) is 4.89. The van der Waals surface area contributed by atoms with E-state index < -0.39 is 0 Å². The van der Waals surface area contributed by atoms with Gasteiger partial charge in [-0.25, -0.2) is 4.98 Å². The van der Waals surface area contributed by atoms with Crippen molar-refractivity contribution >= 4 is 33.2 Å². The molecule has 0 spiro atoms. The first-order chi connectivity index (χ1) is 9.70. The Kier molecular flexibility index (Phi) is 4.90. The predicted molar refractivity (Wildman–Crippen MR) is 85.0 cm³/mol. The minimum atomic E-state index is -0.243. The average Bonchev–Trinajstić information content (AvgIpc) is 2.48. The van der Waals surface area contributed by atoms with Gasteiger partial charge in [-0.15, -0.1) is 6.58 Å². The van der Waals surface area contributed by atoms with Gasteiger partial charge < -0.3 is 10.6 Å². The van der Waals surface area contributed by atoms with Crippen LogP contribution in [0.25, 0.3) is 0 Å². The predicted octanol–water partition coefficient (Wildman–Crippen LogP) is 3.69. The van der Waals surface area contributed by atoms with E-state index in [4.69, 9.17) is 0 Å². The molecule has 20 heavy (non-hydrogen) atoms. The third-order valence-electron chi connectivity index (χ3n) is 2.57. The summed E-state index contributed by atoms with van der Waals surface area (Å²) in [7, 11) is 0. The standard InChI is InChI=1S/C15H14BrN3O/c1-2-9-17-11-7-8-14(18-10-11)15(20)19-13-6-4-3-5-12(13)16/h2-8,10,17H,1,9H2,(H,19,20). The highest BCUT2D eigenvalue weighted by atomic mass is 79.9. The van der Waals surface area contributed by atoms with Crippen LogP contribution in [-0.2, 0) is 0 Å². The largest absolute Gasteiger partial charge is 0.380 e. The van der Waals surface area contributed by atoms with Gasteiger partial charge in [-0.2, -0.15) is 0 Å². The maximum absolute atomic E-state index is 12.1. The Morgan fingerprint density at radius 2 is 2.10 bits per heavy atom. The van der Waals surface area contributed by atoms with Crippen LogP contribution < -0.4 is 10.6 Å². The fourth-order valence-corrected chi connectivity index (χ4v) is 1.96. The van der Waals surface area contributed by atoms with Gasteiger partial charge in [0.2, 0.25) is 0 Å². The Labute approximate surface area is 126 Å². The van der Waals surface area contributed by atoms with Crippen LogP contribution >= 0.6 is 15.9 Å². The van der Waals surface area contributed by atoms with Crippen molar-refractivity contribution in [2.75, 3.05) is 17.2 Å². The SMILES string of the molecule is C=CCNc1ccc(C(=O)Nc2ccccc2Br)nc1. The molecule has 0 aliphatic rings. The Morgan fingerprint density at radius 1 is 1.30 bits per heavy atom. The van der Waals surface area contributed by atoms with E-state index in [0.717, 1.165) is 10.2 Å². The molecule has 0 atom stereocenters. The van der Waals surface area contributed by atoms with Crippen molar-refractivity contribution in [2.45, 2.75) is 0 Å². The molecule has 1 heterocycles. The molecule has 0 unspecified atom stereocenters. The average molecular weight is 332 g/mol. The monoisotopic (exact) mass is 331 g/mol. The maximum Gasteiger partial charge on any atom is 0.274 e. The zero-order valence-electron chi connectivity index (χ0n) is 10.8. The van der Waals surface area contributed by atoms with E-state index in [1.165, 1.54) is 0 Å². The van der Waals surface area contributed by atoms with Crippen molar-refractivity contribution in [2.24, 2.45) is 0 Å².